The third-order valence-corrected chi connectivity index (χ3v) is 7.08. The number of nitrogens with zero attached hydrogens (tertiary/aromatic N) is 3. The average molecular weight is 413 g/mol. The Labute approximate surface area is 172 Å². The van der Waals surface area contributed by atoms with E-state index in [9.17, 15) is 4.79 Å². The molecule has 0 spiro atoms. The number of carbonyl (C=O) groups is 1. The average Bonchev–Trinajstić information content (AvgIpc) is 3.41. The van der Waals surface area contributed by atoms with Crippen molar-refractivity contribution in [1.29, 1.82) is 0 Å². The molecule has 1 saturated heterocycles. The van der Waals surface area contributed by atoms with Crippen molar-refractivity contribution in [2.75, 3.05) is 26.3 Å². The first-order chi connectivity index (χ1) is 14.2. The van der Waals surface area contributed by atoms with Gasteiger partial charge in [0.05, 0.1) is 18.9 Å². The van der Waals surface area contributed by atoms with Crippen LogP contribution in [0.1, 0.15) is 47.0 Å². The van der Waals surface area contributed by atoms with Crippen molar-refractivity contribution >= 4 is 28.3 Å². The molecule has 4 heterocycles. The van der Waals surface area contributed by atoms with Crippen molar-refractivity contribution in [2.45, 2.75) is 37.6 Å². The van der Waals surface area contributed by atoms with Gasteiger partial charge in [-0.15, -0.1) is 11.3 Å². The number of pyridine rings is 1. The molecule has 29 heavy (non-hydrogen) atoms. The topological polar surface area (TPSA) is 91.3 Å². The Morgan fingerprint density at radius 3 is 2.76 bits per heavy atom. The number of hydrogen-bond acceptors (Lipinski definition) is 6. The maximum atomic E-state index is 11.2. The fraction of sp³-hybridized carbons (Fsp3) is 0.476. The minimum atomic E-state index is -0.989. The van der Waals surface area contributed by atoms with Crippen LogP contribution in [-0.2, 0) is 4.74 Å². The Kier molecular flexibility index (Phi) is 5.07. The van der Waals surface area contributed by atoms with Gasteiger partial charge in [0.2, 0.25) is 5.01 Å². The van der Waals surface area contributed by atoms with Crippen LogP contribution in [0.25, 0.3) is 22.3 Å². The van der Waals surface area contributed by atoms with Crippen molar-refractivity contribution in [1.82, 2.24) is 19.9 Å². The van der Waals surface area contributed by atoms with E-state index >= 15 is 0 Å². The quantitative estimate of drug-likeness (QED) is 0.678. The highest BCUT2D eigenvalue weighted by molar-refractivity contribution is 7.11. The number of thiazole rings is 1. The van der Waals surface area contributed by atoms with Crippen molar-refractivity contribution in [2.24, 2.45) is 0 Å². The molecule has 0 radical (unpaired) electrons. The Morgan fingerprint density at radius 1 is 1.24 bits per heavy atom. The lowest BCUT2D eigenvalue weighted by Crippen LogP contribution is -2.44. The SMILES string of the molecule is O=C(O)c1nc(-c2c[nH]c3ncc(C4CCC(N5CCOCC5)CC4)cc23)cs1. The maximum absolute atomic E-state index is 11.2. The largest absolute Gasteiger partial charge is 0.476 e. The fourth-order valence-electron chi connectivity index (χ4n) is 4.67. The molecule has 2 N–H and O–H groups in total. The molecule has 2 fully saturated rings. The molecule has 1 aliphatic carbocycles. The molecule has 1 saturated carbocycles. The molecule has 3 aromatic rings. The van der Waals surface area contributed by atoms with Crippen LogP contribution < -0.4 is 0 Å². The lowest BCUT2D eigenvalue weighted by atomic mass is 9.81. The standard InChI is InChI=1S/C21H24N4O3S/c26-21(27)20-24-18(12-29-20)17-11-23-19-16(17)9-14(10-22-19)13-1-3-15(4-2-13)25-5-7-28-8-6-25/h9-13,15H,1-8H2,(H,22,23)(H,26,27). The Balaban J connectivity index is 1.35. The first-order valence-corrected chi connectivity index (χ1v) is 11.0. The van der Waals surface area contributed by atoms with Crippen LogP contribution in [0.15, 0.2) is 23.8 Å². The van der Waals surface area contributed by atoms with Gasteiger partial charge in [0.25, 0.3) is 0 Å². The Bertz CT molecular complexity index is 1020. The summed E-state index contributed by atoms with van der Waals surface area (Å²) in [6, 6.07) is 2.90. The summed E-state index contributed by atoms with van der Waals surface area (Å²) < 4.78 is 5.49. The molecule has 0 atom stereocenters. The van der Waals surface area contributed by atoms with Crippen LogP contribution in [0.2, 0.25) is 0 Å². The number of aromatic amines is 1. The van der Waals surface area contributed by atoms with Gasteiger partial charge in [-0.05, 0) is 43.2 Å². The molecular weight excluding hydrogens is 388 g/mol. The molecule has 0 aromatic carbocycles. The smallest absolute Gasteiger partial charge is 0.365 e. The van der Waals surface area contributed by atoms with E-state index in [0.29, 0.717) is 17.7 Å². The number of aromatic carboxylic acids is 1. The highest BCUT2D eigenvalue weighted by Gasteiger charge is 2.28. The molecule has 0 bridgehead atoms. The van der Waals surface area contributed by atoms with Gasteiger partial charge in [0.1, 0.15) is 5.65 Å². The van der Waals surface area contributed by atoms with Gasteiger partial charge >= 0.3 is 5.97 Å². The molecular formula is C21H24N4O3S. The number of nitrogens with one attached hydrogen (secondary N) is 1. The van der Waals surface area contributed by atoms with Crippen molar-refractivity contribution in [3.05, 3.63) is 34.4 Å². The summed E-state index contributed by atoms with van der Waals surface area (Å²) in [5.41, 5.74) is 3.69. The van der Waals surface area contributed by atoms with Gasteiger partial charge in [-0.1, -0.05) is 0 Å². The van der Waals surface area contributed by atoms with Gasteiger partial charge in [-0.2, -0.15) is 0 Å². The lowest BCUT2D eigenvalue weighted by Gasteiger charge is -2.38. The maximum Gasteiger partial charge on any atom is 0.365 e. The zero-order valence-corrected chi connectivity index (χ0v) is 17.0. The first kappa shape index (κ1) is 18.7. The summed E-state index contributed by atoms with van der Waals surface area (Å²) in [7, 11) is 0. The highest BCUT2D eigenvalue weighted by atomic mass is 32.1. The third kappa shape index (κ3) is 3.68. The number of morpholine rings is 1. The second-order valence-corrected chi connectivity index (χ2v) is 8.72. The van der Waals surface area contributed by atoms with Crippen LogP contribution in [0.3, 0.4) is 0 Å². The van der Waals surface area contributed by atoms with Crippen molar-refractivity contribution in [3.8, 4) is 11.3 Å². The van der Waals surface area contributed by atoms with Gasteiger partial charge in [0, 0.05) is 47.9 Å². The zero-order chi connectivity index (χ0) is 19.8. The first-order valence-electron chi connectivity index (χ1n) is 10.2. The molecule has 0 unspecified atom stereocenters. The number of hydrogen-bond donors (Lipinski definition) is 2. The summed E-state index contributed by atoms with van der Waals surface area (Å²) in [5.74, 6) is -0.464. The third-order valence-electron chi connectivity index (χ3n) is 6.25. The second-order valence-electron chi connectivity index (χ2n) is 7.86. The number of aromatic nitrogens is 3. The van der Waals surface area contributed by atoms with E-state index in [2.05, 4.69) is 25.9 Å². The van der Waals surface area contributed by atoms with Crippen LogP contribution in [0.5, 0.6) is 0 Å². The van der Waals surface area contributed by atoms with E-state index in [1.54, 1.807) is 5.38 Å². The predicted octanol–water partition coefficient (Wildman–Crippen LogP) is 3.74. The van der Waals surface area contributed by atoms with Gasteiger partial charge < -0.3 is 14.8 Å². The van der Waals surface area contributed by atoms with E-state index in [0.717, 1.165) is 54.2 Å². The highest BCUT2D eigenvalue weighted by Crippen LogP contribution is 2.37. The summed E-state index contributed by atoms with van der Waals surface area (Å²) in [4.78, 5) is 25.8. The number of H-pyrrole nitrogens is 1. The van der Waals surface area contributed by atoms with E-state index in [1.165, 1.54) is 31.2 Å². The molecule has 2 aliphatic rings. The monoisotopic (exact) mass is 412 g/mol. The molecule has 7 nitrogen and oxygen atoms in total. The van der Waals surface area contributed by atoms with Gasteiger partial charge in [0.15, 0.2) is 0 Å². The summed E-state index contributed by atoms with van der Waals surface area (Å²) >= 11 is 1.15. The summed E-state index contributed by atoms with van der Waals surface area (Å²) in [5, 5.41) is 12.1. The van der Waals surface area contributed by atoms with Crippen LogP contribution in [0.4, 0.5) is 0 Å². The normalized spacial score (nSPS) is 23.4. The van der Waals surface area contributed by atoms with Gasteiger partial charge in [-0.25, -0.2) is 14.8 Å². The van der Waals surface area contributed by atoms with Crippen molar-refractivity contribution < 1.29 is 14.6 Å². The number of carboxylic acids is 1. The van der Waals surface area contributed by atoms with E-state index < -0.39 is 5.97 Å². The Morgan fingerprint density at radius 2 is 2.03 bits per heavy atom. The lowest BCUT2D eigenvalue weighted by molar-refractivity contribution is 0.00729. The molecule has 1 aliphatic heterocycles. The Hall–Kier alpha value is -2.29. The van der Waals surface area contributed by atoms with E-state index in [1.807, 2.05) is 12.4 Å². The van der Waals surface area contributed by atoms with Crippen LogP contribution in [-0.4, -0.2) is 63.3 Å². The van der Waals surface area contributed by atoms with E-state index in [4.69, 9.17) is 9.84 Å². The predicted molar refractivity (Wildman–Crippen MR) is 112 cm³/mol. The minimum absolute atomic E-state index is 0.111. The van der Waals surface area contributed by atoms with E-state index in [-0.39, 0.29) is 5.01 Å². The molecule has 3 aromatic heterocycles. The van der Waals surface area contributed by atoms with Gasteiger partial charge in [-0.3, -0.25) is 4.90 Å². The molecule has 8 heteroatoms. The minimum Gasteiger partial charge on any atom is -0.476 e. The number of rotatable bonds is 4. The summed E-state index contributed by atoms with van der Waals surface area (Å²) in [6.45, 7) is 3.83. The van der Waals surface area contributed by atoms with Crippen LogP contribution in [0, 0.1) is 0 Å². The van der Waals surface area contributed by atoms with Crippen LogP contribution >= 0.6 is 11.3 Å². The fourth-order valence-corrected chi connectivity index (χ4v) is 5.32. The van der Waals surface area contributed by atoms with Crippen molar-refractivity contribution in [3.63, 3.8) is 0 Å². The number of fused-ring (bicyclic) bond motifs is 1. The number of ether oxygens (including phenoxy) is 1. The molecule has 5 rings (SSSR count). The second kappa shape index (κ2) is 7.85. The molecule has 0 amide bonds. The molecule has 152 valence electrons. The summed E-state index contributed by atoms with van der Waals surface area (Å²) in [6.07, 6.45) is 8.65. The number of carboxylic acid groups (broad SMARTS) is 1. The zero-order valence-electron chi connectivity index (χ0n) is 16.1.